The molecular weight excluding hydrogens is 447 g/mol. The molecule has 4 rings (SSSR count). The van der Waals surface area contributed by atoms with Crippen LogP contribution in [0.1, 0.15) is 30.9 Å². The van der Waals surface area contributed by atoms with E-state index in [0.717, 1.165) is 13.1 Å². The van der Waals surface area contributed by atoms with Gasteiger partial charge in [-0.1, -0.05) is 59.3 Å². The van der Waals surface area contributed by atoms with E-state index in [1.165, 1.54) is 18.2 Å². The Labute approximate surface area is 193 Å². The summed E-state index contributed by atoms with van der Waals surface area (Å²) in [4.78, 5) is 13.4. The zero-order chi connectivity index (χ0) is 23.8. The minimum Gasteiger partial charge on any atom is -0.493 e. The molecule has 2 aromatic carbocycles. The number of anilines is 1. The van der Waals surface area contributed by atoms with Crippen LogP contribution in [0.2, 0.25) is 0 Å². The number of carbonyl (C=O) groups is 1. The number of hydrogen-bond donors (Lipinski definition) is 1. The summed E-state index contributed by atoms with van der Waals surface area (Å²) in [7, 11) is -4.49. The zero-order valence-corrected chi connectivity index (χ0v) is 19.3. The van der Waals surface area contributed by atoms with Crippen LogP contribution in [0, 0.1) is 11.8 Å². The second-order valence-electron chi connectivity index (χ2n) is 8.23. The molecule has 0 saturated heterocycles. The number of likely N-dealkylation sites (N-methyl/N-ethyl adjacent to an activating group) is 1. The lowest BCUT2D eigenvalue weighted by Crippen LogP contribution is -2.24. The molecule has 1 heterocycles. The van der Waals surface area contributed by atoms with Gasteiger partial charge in [-0.05, 0) is 36.3 Å². The highest BCUT2D eigenvalue weighted by molar-refractivity contribution is 7.92. The maximum atomic E-state index is 15.3. The van der Waals surface area contributed by atoms with Crippen LogP contribution in [0.25, 0.3) is 6.08 Å². The van der Waals surface area contributed by atoms with Gasteiger partial charge in [-0.2, -0.15) is 8.42 Å². The SMILES string of the molecule is CCN(CC)C/C=C\c1ccccc1S(=O)(=O)N(F)c1ccc2c(c1)OC[C@H]1C(C(=O)O)[C@@H]21. The number of rotatable bonds is 9. The average Bonchev–Trinajstić information content (AvgIpc) is 3.57. The summed E-state index contributed by atoms with van der Waals surface area (Å²) in [5, 5.41) is 9.32. The summed E-state index contributed by atoms with van der Waals surface area (Å²) in [6, 6.07) is 10.5. The number of aliphatic carboxylic acids is 1. The molecule has 0 radical (unpaired) electrons. The summed E-state index contributed by atoms with van der Waals surface area (Å²) in [5.41, 5.74) is 0.876. The molecule has 9 heteroatoms. The number of nitrogens with zero attached hydrogens (tertiary/aromatic N) is 2. The molecule has 33 heavy (non-hydrogen) atoms. The van der Waals surface area contributed by atoms with Gasteiger partial charge in [0.25, 0.3) is 10.0 Å². The van der Waals surface area contributed by atoms with Gasteiger partial charge in [0.15, 0.2) is 0 Å². The summed E-state index contributed by atoms with van der Waals surface area (Å²) >= 11 is 0. The van der Waals surface area contributed by atoms with Crippen LogP contribution in [0.15, 0.2) is 53.4 Å². The first-order chi connectivity index (χ1) is 15.8. The van der Waals surface area contributed by atoms with E-state index in [1.807, 2.05) is 19.9 Å². The minimum atomic E-state index is -4.49. The molecule has 3 atom stereocenters. The fraction of sp³-hybridized carbons (Fsp3) is 0.375. The molecular formula is C24H27FN2O5S. The van der Waals surface area contributed by atoms with Crippen LogP contribution in [0.3, 0.4) is 0 Å². The highest BCUT2D eigenvalue weighted by atomic mass is 32.2. The Morgan fingerprint density at radius 1 is 1.21 bits per heavy atom. The number of hydrogen-bond acceptors (Lipinski definition) is 5. The van der Waals surface area contributed by atoms with Crippen molar-refractivity contribution in [1.82, 2.24) is 4.90 Å². The van der Waals surface area contributed by atoms with E-state index in [9.17, 15) is 18.3 Å². The Morgan fingerprint density at radius 2 is 1.94 bits per heavy atom. The van der Waals surface area contributed by atoms with Crippen molar-refractivity contribution in [3.63, 3.8) is 0 Å². The second-order valence-corrected chi connectivity index (χ2v) is 9.94. The maximum Gasteiger partial charge on any atom is 0.307 e. The van der Waals surface area contributed by atoms with Gasteiger partial charge in [0.2, 0.25) is 0 Å². The molecule has 1 aliphatic carbocycles. The fourth-order valence-electron chi connectivity index (χ4n) is 4.45. The molecule has 1 saturated carbocycles. The Bertz CT molecular complexity index is 1180. The standard InChI is InChI=1S/C24H27FN2O5S/c1-3-26(4-2)13-7-9-16-8-5-6-10-21(16)33(30,31)27(25)17-11-12-18-20(14-17)32-15-19-22(18)23(19)24(28)29/h5-12,14,19,22-23H,3-4,13,15H2,1-2H3,(H,28,29)/b9-7-/t19-,22+,23?/m1/s1. The molecule has 176 valence electrons. The quantitative estimate of drug-likeness (QED) is 0.554. The van der Waals surface area contributed by atoms with Crippen molar-refractivity contribution < 1.29 is 27.5 Å². The Kier molecular flexibility index (Phi) is 6.45. The molecule has 1 aliphatic heterocycles. The summed E-state index contributed by atoms with van der Waals surface area (Å²) in [5.74, 6) is -1.35. The number of fused-ring (bicyclic) bond motifs is 3. The lowest BCUT2D eigenvalue weighted by molar-refractivity contribution is -0.139. The van der Waals surface area contributed by atoms with Crippen molar-refractivity contribution in [2.24, 2.45) is 11.8 Å². The van der Waals surface area contributed by atoms with Crippen molar-refractivity contribution in [3.8, 4) is 5.75 Å². The number of carboxylic acid groups (broad SMARTS) is 1. The Morgan fingerprint density at radius 3 is 2.64 bits per heavy atom. The van der Waals surface area contributed by atoms with Crippen LogP contribution in [-0.4, -0.2) is 50.6 Å². The smallest absolute Gasteiger partial charge is 0.307 e. The second kappa shape index (κ2) is 9.15. The molecule has 0 bridgehead atoms. The van der Waals surface area contributed by atoms with Gasteiger partial charge in [-0.25, -0.2) is 0 Å². The first-order valence-corrected chi connectivity index (χ1v) is 12.4. The molecule has 0 amide bonds. The zero-order valence-electron chi connectivity index (χ0n) is 18.5. The van der Waals surface area contributed by atoms with Gasteiger partial charge in [0.05, 0.1) is 23.1 Å². The third kappa shape index (κ3) is 4.35. The maximum absolute atomic E-state index is 15.3. The number of benzene rings is 2. The van der Waals surface area contributed by atoms with E-state index in [0.29, 0.717) is 23.4 Å². The van der Waals surface area contributed by atoms with E-state index in [-0.39, 0.29) is 33.6 Å². The van der Waals surface area contributed by atoms with Gasteiger partial charge in [-0.15, -0.1) is 0 Å². The molecule has 2 aromatic rings. The van der Waals surface area contributed by atoms with Crippen molar-refractivity contribution in [3.05, 3.63) is 59.7 Å². The third-order valence-electron chi connectivity index (χ3n) is 6.41. The van der Waals surface area contributed by atoms with Crippen molar-refractivity contribution >= 4 is 27.8 Å². The normalized spacial score (nSPS) is 21.4. The van der Waals surface area contributed by atoms with E-state index >= 15 is 4.48 Å². The Balaban J connectivity index is 1.59. The number of ether oxygens (including phenoxy) is 1. The monoisotopic (exact) mass is 474 g/mol. The third-order valence-corrected chi connectivity index (χ3v) is 7.97. The molecule has 1 unspecified atom stereocenters. The van der Waals surface area contributed by atoms with Crippen molar-refractivity contribution in [2.45, 2.75) is 24.7 Å². The molecule has 2 aliphatic rings. The number of carboxylic acids is 1. The van der Waals surface area contributed by atoms with E-state index in [1.54, 1.807) is 30.3 Å². The van der Waals surface area contributed by atoms with Gasteiger partial charge < -0.3 is 14.7 Å². The molecule has 7 nitrogen and oxygen atoms in total. The van der Waals surface area contributed by atoms with Gasteiger partial charge in [0.1, 0.15) is 5.75 Å². The van der Waals surface area contributed by atoms with Crippen LogP contribution in [-0.2, 0) is 14.8 Å². The summed E-state index contributed by atoms with van der Waals surface area (Å²) in [6.45, 7) is 6.70. The van der Waals surface area contributed by atoms with Crippen LogP contribution < -0.4 is 9.26 Å². The molecule has 0 spiro atoms. The van der Waals surface area contributed by atoms with Gasteiger partial charge in [0, 0.05) is 24.4 Å². The van der Waals surface area contributed by atoms with Gasteiger partial charge in [-0.3, -0.25) is 4.79 Å². The molecule has 0 aromatic heterocycles. The Hall–Kier alpha value is -2.91. The first kappa shape index (κ1) is 23.3. The predicted octanol–water partition coefficient (Wildman–Crippen LogP) is 3.93. The fourth-order valence-corrected chi connectivity index (χ4v) is 5.70. The highest BCUT2D eigenvalue weighted by Crippen LogP contribution is 2.59. The highest BCUT2D eigenvalue weighted by Gasteiger charge is 2.59. The minimum absolute atomic E-state index is 0.0962. The predicted molar refractivity (Wildman–Crippen MR) is 123 cm³/mol. The van der Waals surface area contributed by atoms with Crippen molar-refractivity contribution in [2.75, 3.05) is 30.8 Å². The molecule has 1 fully saturated rings. The van der Waals surface area contributed by atoms with E-state index in [4.69, 9.17) is 4.74 Å². The lowest BCUT2D eigenvalue weighted by atomic mass is 10.0. The van der Waals surface area contributed by atoms with Crippen LogP contribution >= 0.6 is 0 Å². The summed E-state index contributed by atoms with van der Waals surface area (Å²) in [6.07, 6.45) is 3.55. The lowest BCUT2D eigenvalue weighted by Gasteiger charge is -2.20. The van der Waals surface area contributed by atoms with Crippen molar-refractivity contribution in [1.29, 1.82) is 0 Å². The molecule has 1 N–H and O–H groups in total. The van der Waals surface area contributed by atoms with E-state index in [2.05, 4.69) is 4.90 Å². The van der Waals surface area contributed by atoms with Crippen LogP contribution in [0.4, 0.5) is 10.2 Å². The number of sulfonamides is 1. The summed E-state index contributed by atoms with van der Waals surface area (Å²) < 4.78 is 46.9. The number of halogens is 1. The van der Waals surface area contributed by atoms with Crippen LogP contribution in [0.5, 0.6) is 5.75 Å². The topological polar surface area (TPSA) is 87.2 Å². The first-order valence-electron chi connectivity index (χ1n) is 11.0. The largest absolute Gasteiger partial charge is 0.493 e. The van der Waals surface area contributed by atoms with E-state index < -0.39 is 21.9 Å². The average molecular weight is 475 g/mol. The van der Waals surface area contributed by atoms with Gasteiger partial charge >= 0.3 is 5.97 Å².